The van der Waals surface area contributed by atoms with Gasteiger partial charge in [-0.25, -0.2) is 4.39 Å². The van der Waals surface area contributed by atoms with Crippen molar-refractivity contribution in [3.05, 3.63) is 27.1 Å². The van der Waals surface area contributed by atoms with Crippen LogP contribution < -0.4 is 4.74 Å². The molecule has 0 atom stereocenters. The smallest absolute Gasteiger partial charge is 0.188 e. The number of aldehydes is 1. The highest BCUT2D eigenvalue weighted by molar-refractivity contribution is 14.1. The van der Waals surface area contributed by atoms with Gasteiger partial charge in [0.05, 0.1) is 9.13 Å². The van der Waals surface area contributed by atoms with Gasteiger partial charge in [0.2, 0.25) is 0 Å². The molecule has 1 aromatic carbocycles. The van der Waals surface area contributed by atoms with Crippen LogP contribution in [0, 0.1) is 9.39 Å². The van der Waals surface area contributed by atoms with Gasteiger partial charge >= 0.3 is 0 Å². The average molecular weight is 310 g/mol. The normalized spacial score (nSPS) is 9.93. The second-order valence-corrected chi connectivity index (χ2v) is 3.61. The van der Waals surface area contributed by atoms with Gasteiger partial charge in [-0.3, -0.25) is 4.79 Å². The standard InChI is InChI=1S/C9H8FIO3/c1-13-5-14-9-7(11)3-2-6(4-12)8(9)10/h2-4H,5H2,1H3. The molecule has 0 spiro atoms. The van der Waals surface area contributed by atoms with E-state index in [-0.39, 0.29) is 18.1 Å². The van der Waals surface area contributed by atoms with Crippen molar-refractivity contribution in [3.8, 4) is 5.75 Å². The first-order valence-electron chi connectivity index (χ1n) is 3.75. The lowest BCUT2D eigenvalue weighted by Gasteiger charge is -2.08. The van der Waals surface area contributed by atoms with Crippen molar-refractivity contribution in [2.45, 2.75) is 0 Å². The fourth-order valence-electron chi connectivity index (χ4n) is 0.889. The highest BCUT2D eigenvalue weighted by Gasteiger charge is 2.12. The maximum Gasteiger partial charge on any atom is 0.188 e. The first kappa shape index (κ1) is 11.4. The lowest BCUT2D eigenvalue weighted by Crippen LogP contribution is -2.04. The maximum atomic E-state index is 13.4. The lowest BCUT2D eigenvalue weighted by molar-refractivity contribution is 0.0475. The SMILES string of the molecule is COCOc1c(I)ccc(C=O)c1F. The summed E-state index contributed by atoms with van der Waals surface area (Å²) < 4.78 is 23.7. The number of ether oxygens (including phenoxy) is 2. The molecule has 76 valence electrons. The van der Waals surface area contributed by atoms with Crippen molar-refractivity contribution in [1.29, 1.82) is 0 Å². The van der Waals surface area contributed by atoms with E-state index < -0.39 is 5.82 Å². The summed E-state index contributed by atoms with van der Waals surface area (Å²) in [6, 6.07) is 3.02. The molecule has 0 heterocycles. The quantitative estimate of drug-likeness (QED) is 0.486. The van der Waals surface area contributed by atoms with Crippen LogP contribution in [0.5, 0.6) is 5.75 Å². The summed E-state index contributed by atoms with van der Waals surface area (Å²) in [7, 11) is 1.44. The zero-order valence-corrected chi connectivity index (χ0v) is 9.58. The molecule has 0 amide bonds. The van der Waals surface area contributed by atoms with Crippen molar-refractivity contribution >= 4 is 28.9 Å². The van der Waals surface area contributed by atoms with Crippen molar-refractivity contribution in [1.82, 2.24) is 0 Å². The zero-order valence-electron chi connectivity index (χ0n) is 7.42. The Hall–Kier alpha value is -0.690. The van der Waals surface area contributed by atoms with Gasteiger partial charge in [0.15, 0.2) is 24.6 Å². The van der Waals surface area contributed by atoms with Gasteiger partial charge in [-0.1, -0.05) is 0 Å². The number of methoxy groups -OCH3 is 1. The van der Waals surface area contributed by atoms with E-state index in [0.717, 1.165) is 0 Å². The Morgan fingerprint density at radius 2 is 2.29 bits per heavy atom. The predicted molar refractivity (Wildman–Crippen MR) is 57.0 cm³/mol. The molecule has 0 aliphatic rings. The van der Waals surface area contributed by atoms with Gasteiger partial charge in [0.1, 0.15) is 0 Å². The molecule has 0 unspecified atom stereocenters. The molecule has 0 saturated heterocycles. The molecule has 1 aromatic rings. The van der Waals surface area contributed by atoms with Gasteiger partial charge in [0.25, 0.3) is 0 Å². The Balaban J connectivity index is 3.05. The molecule has 0 radical (unpaired) electrons. The number of rotatable bonds is 4. The van der Waals surface area contributed by atoms with Crippen LogP contribution in [0.2, 0.25) is 0 Å². The summed E-state index contributed by atoms with van der Waals surface area (Å²) in [5, 5.41) is 0. The predicted octanol–water partition coefficient (Wildman–Crippen LogP) is 2.23. The van der Waals surface area contributed by atoms with Gasteiger partial charge < -0.3 is 9.47 Å². The number of benzene rings is 1. The Labute approximate surface area is 94.3 Å². The Morgan fingerprint density at radius 1 is 1.57 bits per heavy atom. The molecule has 0 saturated carbocycles. The summed E-state index contributed by atoms with van der Waals surface area (Å²) in [5.41, 5.74) is -0.0171. The molecule has 0 fully saturated rings. The highest BCUT2D eigenvalue weighted by Crippen LogP contribution is 2.26. The molecule has 0 N–H and O–H groups in total. The molecule has 5 heteroatoms. The second-order valence-electron chi connectivity index (χ2n) is 2.45. The number of hydrogen-bond donors (Lipinski definition) is 0. The number of hydrogen-bond acceptors (Lipinski definition) is 3. The molecule has 0 bridgehead atoms. The molecule has 14 heavy (non-hydrogen) atoms. The van der Waals surface area contributed by atoms with Gasteiger partial charge in [-0.05, 0) is 34.7 Å². The van der Waals surface area contributed by atoms with Crippen molar-refractivity contribution < 1.29 is 18.7 Å². The van der Waals surface area contributed by atoms with E-state index in [2.05, 4.69) is 4.74 Å². The molecular weight excluding hydrogens is 302 g/mol. The van der Waals surface area contributed by atoms with Gasteiger partial charge in [0, 0.05) is 7.11 Å². The van der Waals surface area contributed by atoms with E-state index in [1.165, 1.54) is 13.2 Å². The van der Waals surface area contributed by atoms with Gasteiger partial charge in [-0.15, -0.1) is 0 Å². The minimum absolute atomic E-state index is 0.0171. The average Bonchev–Trinajstić information content (AvgIpc) is 2.18. The van der Waals surface area contributed by atoms with Crippen LogP contribution in [0.15, 0.2) is 12.1 Å². The largest absolute Gasteiger partial charge is 0.463 e. The molecule has 0 aromatic heterocycles. The minimum Gasteiger partial charge on any atom is -0.463 e. The van der Waals surface area contributed by atoms with E-state index in [1.54, 1.807) is 6.07 Å². The highest BCUT2D eigenvalue weighted by atomic mass is 127. The molecule has 3 nitrogen and oxygen atoms in total. The summed E-state index contributed by atoms with van der Waals surface area (Å²) in [4.78, 5) is 10.4. The number of carbonyl (C=O) groups excluding carboxylic acids is 1. The zero-order chi connectivity index (χ0) is 10.6. The Morgan fingerprint density at radius 3 is 2.86 bits per heavy atom. The van der Waals surface area contributed by atoms with E-state index in [4.69, 9.17) is 4.74 Å². The van der Waals surface area contributed by atoms with Crippen molar-refractivity contribution in [2.24, 2.45) is 0 Å². The monoisotopic (exact) mass is 310 g/mol. The molecule has 1 rings (SSSR count). The number of carbonyl (C=O) groups is 1. The minimum atomic E-state index is -0.649. The third kappa shape index (κ3) is 2.42. The van der Waals surface area contributed by atoms with Crippen LogP contribution in [0.3, 0.4) is 0 Å². The fraction of sp³-hybridized carbons (Fsp3) is 0.222. The summed E-state index contributed by atoms with van der Waals surface area (Å²) >= 11 is 1.92. The Bertz CT molecular complexity index is 341. The van der Waals surface area contributed by atoms with E-state index in [9.17, 15) is 9.18 Å². The fourth-order valence-corrected chi connectivity index (χ4v) is 1.46. The first-order chi connectivity index (χ1) is 6.70. The third-order valence-corrected chi connectivity index (χ3v) is 2.38. The van der Waals surface area contributed by atoms with Crippen LogP contribution in [0.4, 0.5) is 4.39 Å². The van der Waals surface area contributed by atoms with Crippen molar-refractivity contribution in [2.75, 3.05) is 13.9 Å². The summed E-state index contributed by atoms with van der Waals surface area (Å²) in [6.07, 6.45) is 0.449. The molecule has 0 aliphatic carbocycles. The molecule has 0 aliphatic heterocycles. The second kappa shape index (κ2) is 5.26. The topological polar surface area (TPSA) is 35.5 Å². The van der Waals surface area contributed by atoms with Crippen LogP contribution >= 0.6 is 22.6 Å². The molecular formula is C9H8FIO3. The maximum absolute atomic E-state index is 13.4. The number of halogens is 2. The third-order valence-electron chi connectivity index (χ3n) is 1.53. The van der Waals surface area contributed by atoms with E-state index in [1.807, 2.05) is 22.6 Å². The van der Waals surface area contributed by atoms with Crippen LogP contribution in [0.25, 0.3) is 0 Å². The van der Waals surface area contributed by atoms with Crippen LogP contribution in [0.1, 0.15) is 10.4 Å². The van der Waals surface area contributed by atoms with Gasteiger partial charge in [-0.2, -0.15) is 0 Å². The lowest BCUT2D eigenvalue weighted by atomic mass is 10.2. The van der Waals surface area contributed by atoms with E-state index in [0.29, 0.717) is 9.86 Å². The van der Waals surface area contributed by atoms with E-state index >= 15 is 0 Å². The summed E-state index contributed by atoms with van der Waals surface area (Å²) in [6.45, 7) is -0.0464. The van der Waals surface area contributed by atoms with Crippen LogP contribution in [-0.4, -0.2) is 20.2 Å². The summed E-state index contributed by atoms with van der Waals surface area (Å²) in [5.74, 6) is -0.596. The first-order valence-corrected chi connectivity index (χ1v) is 4.83. The van der Waals surface area contributed by atoms with Crippen LogP contribution in [-0.2, 0) is 4.74 Å². The Kier molecular flexibility index (Phi) is 4.27. The van der Waals surface area contributed by atoms with Crippen molar-refractivity contribution in [3.63, 3.8) is 0 Å².